The SMILES string of the molecule is CC(C)(C)OC(=O)N1CCC(NC(=O)N2CCN(c3ccccn3)c3ccccc32)CC1. The average Bonchev–Trinajstić information content (AvgIpc) is 2.78. The van der Waals surface area contributed by atoms with Crippen LogP contribution >= 0.6 is 0 Å². The molecule has 1 aromatic heterocycles. The predicted molar refractivity (Wildman–Crippen MR) is 124 cm³/mol. The third-order valence-corrected chi connectivity index (χ3v) is 5.66. The van der Waals surface area contributed by atoms with Crippen molar-refractivity contribution in [1.82, 2.24) is 15.2 Å². The minimum atomic E-state index is -0.507. The van der Waals surface area contributed by atoms with Gasteiger partial charge in [0.05, 0.1) is 11.4 Å². The van der Waals surface area contributed by atoms with Gasteiger partial charge in [0.15, 0.2) is 0 Å². The monoisotopic (exact) mass is 437 g/mol. The van der Waals surface area contributed by atoms with Crippen LogP contribution < -0.4 is 15.1 Å². The largest absolute Gasteiger partial charge is 0.444 e. The minimum absolute atomic E-state index is 0.0298. The predicted octanol–water partition coefficient (Wildman–Crippen LogP) is 4.15. The highest BCUT2D eigenvalue weighted by atomic mass is 16.6. The number of urea groups is 1. The van der Waals surface area contributed by atoms with Crippen molar-refractivity contribution < 1.29 is 14.3 Å². The third-order valence-electron chi connectivity index (χ3n) is 5.66. The molecular formula is C24H31N5O3. The highest BCUT2D eigenvalue weighted by Gasteiger charge is 2.31. The molecule has 0 aliphatic carbocycles. The quantitative estimate of drug-likeness (QED) is 0.764. The Bertz CT molecular complexity index is 952. The first kappa shape index (κ1) is 21.9. The molecule has 0 spiro atoms. The van der Waals surface area contributed by atoms with Gasteiger partial charge < -0.3 is 19.9 Å². The Balaban J connectivity index is 1.38. The fraction of sp³-hybridized carbons (Fsp3) is 0.458. The first-order valence-electron chi connectivity index (χ1n) is 11.2. The van der Waals surface area contributed by atoms with Crippen molar-refractivity contribution >= 4 is 29.3 Å². The Labute approximate surface area is 189 Å². The summed E-state index contributed by atoms with van der Waals surface area (Å²) in [7, 11) is 0. The lowest BCUT2D eigenvalue weighted by Crippen LogP contribution is -2.53. The zero-order chi connectivity index (χ0) is 22.7. The van der Waals surface area contributed by atoms with Crippen molar-refractivity contribution in [2.24, 2.45) is 0 Å². The van der Waals surface area contributed by atoms with E-state index in [-0.39, 0.29) is 18.2 Å². The second-order valence-corrected chi connectivity index (χ2v) is 9.17. The van der Waals surface area contributed by atoms with Gasteiger partial charge in [-0.05, 0) is 57.9 Å². The van der Waals surface area contributed by atoms with Gasteiger partial charge >= 0.3 is 12.1 Å². The summed E-state index contributed by atoms with van der Waals surface area (Å²) in [6.07, 6.45) is 2.91. The first-order valence-corrected chi connectivity index (χ1v) is 11.2. The van der Waals surface area contributed by atoms with E-state index >= 15 is 0 Å². The summed E-state index contributed by atoms with van der Waals surface area (Å²) in [5.41, 5.74) is 1.33. The highest BCUT2D eigenvalue weighted by Crippen LogP contribution is 2.36. The summed E-state index contributed by atoms with van der Waals surface area (Å²) in [5, 5.41) is 3.17. The number of nitrogens with zero attached hydrogens (tertiary/aromatic N) is 4. The fourth-order valence-corrected chi connectivity index (χ4v) is 4.11. The van der Waals surface area contributed by atoms with Crippen LogP contribution in [0.3, 0.4) is 0 Å². The molecule has 0 saturated carbocycles. The van der Waals surface area contributed by atoms with Crippen molar-refractivity contribution in [3.05, 3.63) is 48.7 Å². The summed E-state index contributed by atoms with van der Waals surface area (Å²) in [6, 6.07) is 13.7. The van der Waals surface area contributed by atoms with Gasteiger partial charge in [0.1, 0.15) is 11.4 Å². The normalized spacial score (nSPS) is 17.0. The number of carbonyl (C=O) groups excluding carboxylic acids is 2. The lowest BCUT2D eigenvalue weighted by atomic mass is 10.1. The standard InChI is InChI=1S/C24H31N5O3/c1-24(2,3)32-23(31)27-14-11-18(12-15-27)26-22(30)29-17-16-28(21-10-6-7-13-25-21)19-8-4-5-9-20(19)29/h4-10,13,18H,11-12,14-17H2,1-3H3,(H,26,30). The molecule has 0 atom stereocenters. The van der Waals surface area contributed by atoms with E-state index in [4.69, 9.17) is 4.74 Å². The van der Waals surface area contributed by atoms with Crippen molar-refractivity contribution in [2.75, 3.05) is 36.0 Å². The number of likely N-dealkylation sites (tertiary alicyclic amines) is 1. The molecule has 2 aliphatic heterocycles. The summed E-state index contributed by atoms with van der Waals surface area (Å²) in [5.74, 6) is 0.870. The van der Waals surface area contributed by atoms with Crippen LogP contribution in [0.25, 0.3) is 0 Å². The molecule has 8 nitrogen and oxygen atoms in total. The zero-order valence-corrected chi connectivity index (χ0v) is 19.0. The van der Waals surface area contributed by atoms with Gasteiger partial charge in [-0.1, -0.05) is 18.2 Å². The molecule has 1 N–H and O–H groups in total. The Morgan fingerprint density at radius 1 is 0.969 bits per heavy atom. The summed E-state index contributed by atoms with van der Waals surface area (Å²) < 4.78 is 5.46. The van der Waals surface area contributed by atoms with E-state index in [1.54, 1.807) is 16.0 Å². The molecule has 32 heavy (non-hydrogen) atoms. The summed E-state index contributed by atoms with van der Waals surface area (Å²) in [6.45, 7) is 7.97. The number of fused-ring (bicyclic) bond motifs is 1. The molecule has 1 saturated heterocycles. The van der Waals surface area contributed by atoms with Gasteiger partial charge in [0.25, 0.3) is 0 Å². The maximum absolute atomic E-state index is 13.2. The fourth-order valence-electron chi connectivity index (χ4n) is 4.11. The number of piperidine rings is 1. The van der Waals surface area contributed by atoms with E-state index < -0.39 is 5.60 Å². The van der Waals surface area contributed by atoms with Gasteiger partial charge in [-0.25, -0.2) is 14.6 Å². The van der Waals surface area contributed by atoms with Gasteiger partial charge in [0.2, 0.25) is 0 Å². The van der Waals surface area contributed by atoms with Gasteiger partial charge in [0, 0.05) is 38.4 Å². The molecule has 170 valence electrons. The van der Waals surface area contributed by atoms with Crippen LogP contribution in [0.15, 0.2) is 48.7 Å². The van der Waals surface area contributed by atoms with Crippen LogP contribution in [0, 0.1) is 0 Å². The number of hydrogen-bond donors (Lipinski definition) is 1. The number of pyridine rings is 1. The molecule has 2 aromatic rings. The second kappa shape index (κ2) is 9.06. The number of amides is 3. The number of carbonyl (C=O) groups is 2. The van der Waals surface area contributed by atoms with Crippen molar-refractivity contribution in [3.63, 3.8) is 0 Å². The molecule has 0 unspecified atom stereocenters. The minimum Gasteiger partial charge on any atom is -0.444 e. The van der Waals surface area contributed by atoms with Crippen LogP contribution in [0.4, 0.5) is 26.8 Å². The maximum atomic E-state index is 13.2. The molecule has 0 radical (unpaired) electrons. The molecular weight excluding hydrogens is 406 g/mol. The zero-order valence-electron chi connectivity index (χ0n) is 19.0. The number of anilines is 3. The van der Waals surface area contributed by atoms with Crippen LogP contribution in [-0.4, -0.2) is 59.8 Å². The molecule has 0 bridgehead atoms. The number of benzene rings is 1. The summed E-state index contributed by atoms with van der Waals surface area (Å²) >= 11 is 0. The number of aromatic nitrogens is 1. The Morgan fingerprint density at radius 3 is 2.31 bits per heavy atom. The van der Waals surface area contributed by atoms with E-state index in [9.17, 15) is 9.59 Å². The van der Waals surface area contributed by atoms with Crippen molar-refractivity contribution in [3.8, 4) is 0 Å². The smallest absolute Gasteiger partial charge is 0.410 e. The van der Waals surface area contributed by atoms with Crippen LogP contribution in [-0.2, 0) is 4.74 Å². The third kappa shape index (κ3) is 4.95. The van der Waals surface area contributed by atoms with E-state index in [0.717, 1.165) is 17.2 Å². The maximum Gasteiger partial charge on any atom is 0.410 e. The average molecular weight is 438 g/mol. The molecule has 4 rings (SSSR count). The summed E-state index contributed by atoms with van der Waals surface area (Å²) in [4.78, 5) is 35.6. The molecule has 1 aromatic carbocycles. The van der Waals surface area contributed by atoms with Gasteiger partial charge in [-0.2, -0.15) is 0 Å². The number of para-hydroxylation sites is 2. The highest BCUT2D eigenvalue weighted by molar-refractivity contribution is 5.97. The van der Waals surface area contributed by atoms with Crippen LogP contribution in [0.1, 0.15) is 33.6 Å². The molecule has 3 heterocycles. The Hall–Kier alpha value is -3.29. The second-order valence-electron chi connectivity index (χ2n) is 9.17. The number of hydrogen-bond acceptors (Lipinski definition) is 5. The Kier molecular flexibility index (Phi) is 6.21. The molecule has 3 amide bonds. The molecule has 2 aliphatic rings. The number of ether oxygens (including phenoxy) is 1. The number of nitrogens with one attached hydrogen (secondary N) is 1. The number of rotatable bonds is 2. The van der Waals surface area contributed by atoms with Crippen molar-refractivity contribution in [1.29, 1.82) is 0 Å². The van der Waals surface area contributed by atoms with Crippen LogP contribution in [0.5, 0.6) is 0 Å². The first-order chi connectivity index (χ1) is 15.3. The van der Waals surface area contributed by atoms with E-state index in [0.29, 0.717) is 39.0 Å². The topological polar surface area (TPSA) is 78.0 Å². The van der Waals surface area contributed by atoms with E-state index in [1.165, 1.54) is 0 Å². The van der Waals surface area contributed by atoms with Crippen molar-refractivity contribution in [2.45, 2.75) is 45.3 Å². The van der Waals surface area contributed by atoms with E-state index in [1.807, 2.05) is 63.2 Å². The lowest BCUT2D eigenvalue weighted by Gasteiger charge is -2.38. The molecule has 1 fully saturated rings. The van der Waals surface area contributed by atoms with Gasteiger partial charge in [-0.3, -0.25) is 4.90 Å². The van der Waals surface area contributed by atoms with Gasteiger partial charge in [-0.15, -0.1) is 0 Å². The Morgan fingerprint density at radius 2 is 1.66 bits per heavy atom. The van der Waals surface area contributed by atoms with Crippen LogP contribution in [0.2, 0.25) is 0 Å². The molecule has 8 heteroatoms. The lowest BCUT2D eigenvalue weighted by molar-refractivity contribution is 0.0201. The van der Waals surface area contributed by atoms with E-state index in [2.05, 4.69) is 15.2 Å².